The molecule has 0 saturated heterocycles. The lowest BCUT2D eigenvalue weighted by atomic mass is 10.5. The van der Waals surface area contributed by atoms with Gasteiger partial charge in [0.1, 0.15) is 0 Å². The minimum atomic E-state index is -4.33. The molecule has 0 aromatic heterocycles. The molecule has 38 valence electrons. The number of alkyl halides is 3. The van der Waals surface area contributed by atoms with Crippen LogP contribution in [0.4, 0.5) is 13.2 Å². The van der Waals surface area contributed by atoms with E-state index in [0.717, 1.165) is 6.92 Å². The van der Waals surface area contributed by atoms with Crippen molar-refractivity contribution in [3.63, 3.8) is 0 Å². The van der Waals surface area contributed by atoms with Crippen LogP contribution in [0.15, 0.2) is 0 Å². The predicted octanol–water partition coefficient (Wildman–Crippen LogP) is 1.96. The highest BCUT2D eigenvalue weighted by atomic mass is 19.4. The van der Waals surface area contributed by atoms with Gasteiger partial charge in [-0.2, -0.15) is 13.2 Å². The molecule has 1 unspecified atom stereocenters. The number of rotatable bonds is 0. The highest BCUT2D eigenvalue weighted by molar-refractivity contribution is 4.39. The highest BCUT2D eigenvalue weighted by Crippen LogP contribution is 2.17. The first-order chi connectivity index (χ1) is 2.94. The molecule has 0 aliphatic heterocycles. The van der Waals surface area contributed by atoms with Crippen LogP contribution in [0.3, 0.4) is 0 Å². The van der Waals surface area contributed by atoms with E-state index in [1.165, 1.54) is 0 Å². The van der Waals surface area contributed by atoms with Crippen LogP contribution < -0.4 is 0 Å². The van der Waals surface area contributed by atoms with Gasteiger partial charge in [-0.25, -0.2) is 0 Å². The molecule has 1 atom stereocenters. The molecule has 0 aliphatic rings. The number of hydrogen-bond acceptors (Lipinski definition) is 0. The van der Waals surface area contributed by atoms with Crippen LogP contribution in [-0.4, -0.2) is 6.18 Å². The summed E-state index contributed by atoms with van der Waals surface area (Å²) in [4.78, 5) is 0. The Morgan fingerprint density at radius 3 is 1.83 bits per heavy atom. The molecular formula is C3H5F3. The molecule has 0 N–H and O–H groups in total. The van der Waals surface area contributed by atoms with Crippen LogP contribution in [0.2, 0.25) is 0 Å². The first-order valence-electron chi connectivity index (χ1n) is 2.01. The van der Waals surface area contributed by atoms with Crippen LogP contribution >= 0.6 is 0 Å². The van der Waals surface area contributed by atoms with E-state index in [2.05, 4.69) is 0 Å². The Morgan fingerprint density at radius 1 is 1.67 bits per heavy atom. The summed E-state index contributed by atoms with van der Waals surface area (Å²) in [6.07, 6.45) is -6.28. The van der Waals surface area contributed by atoms with Gasteiger partial charge < -0.3 is 0 Å². The van der Waals surface area contributed by atoms with Gasteiger partial charge >= 0.3 is 6.18 Å². The van der Waals surface area contributed by atoms with Crippen molar-refractivity contribution in [3.8, 4) is 0 Å². The maximum Gasteiger partial charge on any atom is 0.388 e. The third-order valence-electron chi connectivity index (χ3n) is 0.327. The number of halogens is 3. The van der Waals surface area contributed by atoms with Crippen molar-refractivity contribution < 1.29 is 14.5 Å². The van der Waals surface area contributed by atoms with Gasteiger partial charge in [0.2, 0.25) is 0 Å². The Balaban J connectivity index is 3.54. The van der Waals surface area contributed by atoms with Crippen LogP contribution in [0.25, 0.3) is 0 Å². The molecule has 3 heteroatoms. The third-order valence-corrected chi connectivity index (χ3v) is 0.327. The Bertz CT molecular complexity index is 55.7. The summed E-state index contributed by atoms with van der Waals surface area (Å²) in [5.74, 6) is 0. The fourth-order valence-electron chi connectivity index (χ4n) is 0. The Kier molecular flexibility index (Phi) is 0.986. The van der Waals surface area contributed by atoms with Crippen molar-refractivity contribution in [2.75, 3.05) is 0 Å². The van der Waals surface area contributed by atoms with E-state index >= 15 is 0 Å². The van der Waals surface area contributed by atoms with Gasteiger partial charge in [0.15, 0.2) is 0 Å². The smallest absolute Gasteiger partial charge is 0.171 e. The molecule has 0 aromatic rings. The molecule has 0 radical (unpaired) electrons. The second-order valence-corrected chi connectivity index (χ2v) is 0.830. The van der Waals surface area contributed by atoms with Crippen LogP contribution in [0.1, 0.15) is 14.7 Å². The monoisotopic (exact) mass is 99.0 g/mol. The minimum Gasteiger partial charge on any atom is -0.171 e. The second kappa shape index (κ2) is 1.49. The Morgan fingerprint density at radius 2 is 1.83 bits per heavy atom. The van der Waals surface area contributed by atoms with Crippen molar-refractivity contribution in [2.24, 2.45) is 0 Å². The fraction of sp³-hybridized carbons (Fsp3) is 1.00. The van der Waals surface area contributed by atoms with E-state index < -0.39 is 12.6 Å². The highest BCUT2D eigenvalue weighted by Gasteiger charge is 2.22. The van der Waals surface area contributed by atoms with E-state index in [9.17, 15) is 13.2 Å². The largest absolute Gasteiger partial charge is 0.388 e. The van der Waals surface area contributed by atoms with Crippen molar-refractivity contribution in [3.05, 3.63) is 0 Å². The van der Waals surface area contributed by atoms with Crippen LogP contribution in [0, 0.1) is 0 Å². The van der Waals surface area contributed by atoms with E-state index in [0.29, 0.717) is 0 Å². The molecule has 6 heavy (non-hydrogen) atoms. The molecule has 0 spiro atoms. The normalized spacial score (nSPS) is 19.7. The van der Waals surface area contributed by atoms with Crippen molar-refractivity contribution in [2.45, 2.75) is 19.5 Å². The lowest BCUT2D eigenvalue weighted by Crippen LogP contribution is -2.02. The quantitative estimate of drug-likeness (QED) is 0.435. The van der Waals surface area contributed by atoms with E-state index in [-0.39, 0.29) is 0 Å². The molecule has 0 fully saturated rings. The first kappa shape index (κ1) is 3.96. The SMILES string of the molecule is [2H]C(C)C(F)(F)F. The Hall–Kier alpha value is -0.210. The van der Waals surface area contributed by atoms with Crippen LogP contribution in [-0.2, 0) is 0 Å². The molecule has 0 aliphatic carbocycles. The lowest BCUT2D eigenvalue weighted by molar-refractivity contribution is -0.130. The zero-order valence-corrected chi connectivity index (χ0v) is 3.21. The number of hydrogen-bond donors (Lipinski definition) is 0. The fourth-order valence-corrected chi connectivity index (χ4v) is 0. The first-order valence-corrected chi connectivity index (χ1v) is 1.43. The van der Waals surface area contributed by atoms with Crippen LogP contribution in [0.5, 0.6) is 0 Å². The average Bonchev–Trinajstić information content (AvgIpc) is 1.31. The van der Waals surface area contributed by atoms with Gasteiger partial charge in [-0.05, 0) is 0 Å². The molecule has 0 saturated carbocycles. The predicted molar refractivity (Wildman–Crippen MR) is 16.3 cm³/mol. The maximum atomic E-state index is 11.0. The van der Waals surface area contributed by atoms with E-state index in [4.69, 9.17) is 1.37 Å². The minimum absolute atomic E-state index is 0.792. The van der Waals surface area contributed by atoms with Gasteiger partial charge in [-0.1, -0.05) is 6.92 Å². The average molecular weight is 99.1 g/mol. The molecule has 0 bridgehead atoms. The van der Waals surface area contributed by atoms with E-state index in [1.807, 2.05) is 0 Å². The standard InChI is InChI=1S/C3H5F3/c1-2-3(4,5)6/h2H2,1H3/i2D. The van der Waals surface area contributed by atoms with Crippen molar-refractivity contribution in [1.82, 2.24) is 0 Å². The maximum absolute atomic E-state index is 11.0. The topological polar surface area (TPSA) is 0 Å². The van der Waals surface area contributed by atoms with Gasteiger partial charge in [0, 0.05) is 7.77 Å². The molecule has 0 nitrogen and oxygen atoms in total. The van der Waals surface area contributed by atoms with Crippen molar-refractivity contribution >= 4 is 0 Å². The van der Waals surface area contributed by atoms with Crippen molar-refractivity contribution in [1.29, 1.82) is 0 Å². The van der Waals surface area contributed by atoms with Gasteiger partial charge in [-0.15, -0.1) is 0 Å². The summed E-state index contributed by atoms with van der Waals surface area (Å²) >= 11 is 0. The molecule has 0 heterocycles. The summed E-state index contributed by atoms with van der Waals surface area (Å²) < 4.78 is 39.1. The Labute approximate surface area is 35.4 Å². The molecule has 0 amide bonds. The zero-order valence-electron chi connectivity index (χ0n) is 4.21. The van der Waals surface area contributed by atoms with Gasteiger partial charge in [0.25, 0.3) is 0 Å². The van der Waals surface area contributed by atoms with Gasteiger partial charge in [-0.3, -0.25) is 0 Å². The summed E-state index contributed by atoms with van der Waals surface area (Å²) in [6, 6.07) is 0. The summed E-state index contributed by atoms with van der Waals surface area (Å²) in [5.41, 5.74) is 0. The summed E-state index contributed by atoms with van der Waals surface area (Å²) in [7, 11) is 0. The lowest BCUT2D eigenvalue weighted by Gasteiger charge is -1.96. The zero-order chi connectivity index (χ0) is 6.08. The summed E-state index contributed by atoms with van der Waals surface area (Å²) in [5, 5.41) is 0. The van der Waals surface area contributed by atoms with Gasteiger partial charge in [0.05, 0.1) is 0 Å². The molecule has 0 rings (SSSR count). The second-order valence-electron chi connectivity index (χ2n) is 0.830. The third kappa shape index (κ3) is 3.79. The van der Waals surface area contributed by atoms with E-state index in [1.54, 1.807) is 0 Å². The molecular weight excluding hydrogens is 93.0 g/mol. The summed E-state index contributed by atoms with van der Waals surface area (Å²) in [6.45, 7) is 0.792. The molecule has 0 aromatic carbocycles.